The second-order valence-corrected chi connectivity index (χ2v) is 5.43. The molecule has 1 aliphatic rings. The van der Waals surface area contributed by atoms with Crippen molar-refractivity contribution in [1.82, 2.24) is 10.2 Å². The van der Waals surface area contributed by atoms with E-state index in [1.165, 1.54) is 0 Å². The summed E-state index contributed by atoms with van der Waals surface area (Å²) in [6.45, 7) is 4.37. The number of amides is 2. The van der Waals surface area contributed by atoms with Crippen molar-refractivity contribution < 1.29 is 9.59 Å². The highest BCUT2D eigenvalue weighted by Crippen LogP contribution is 2.23. The molecule has 0 aromatic heterocycles. The number of likely N-dealkylation sites (N-methyl/N-ethyl adjacent to an activating group) is 1. The van der Waals surface area contributed by atoms with Gasteiger partial charge in [0, 0.05) is 25.0 Å². The number of nitrogens with zero attached hydrogens (tertiary/aromatic N) is 1. The average Bonchev–Trinajstić information content (AvgIpc) is 2.35. The lowest BCUT2D eigenvalue weighted by molar-refractivity contribution is -0.130. The summed E-state index contributed by atoms with van der Waals surface area (Å²) in [4.78, 5) is 24.6. The fourth-order valence-corrected chi connectivity index (χ4v) is 2.23. The van der Waals surface area contributed by atoms with Crippen LogP contribution in [-0.4, -0.2) is 42.4 Å². The molecule has 0 aromatic rings. The van der Waals surface area contributed by atoms with Gasteiger partial charge >= 0.3 is 0 Å². The van der Waals surface area contributed by atoms with E-state index in [9.17, 15) is 9.59 Å². The molecule has 0 unspecified atom stereocenters. The lowest BCUT2D eigenvalue weighted by Gasteiger charge is -2.28. The van der Waals surface area contributed by atoms with Crippen molar-refractivity contribution in [1.29, 1.82) is 0 Å². The molecule has 18 heavy (non-hydrogen) atoms. The number of carbonyl (C=O) groups excluding carboxylic acids is 2. The molecule has 0 heterocycles. The highest BCUT2D eigenvalue weighted by Gasteiger charge is 2.25. The number of rotatable bonds is 5. The number of nitrogens with two attached hydrogens (primary N) is 1. The van der Waals surface area contributed by atoms with Gasteiger partial charge < -0.3 is 16.0 Å². The van der Waals surface area contributed by atoms with Crippen molar-refractivity contribution in [3.05, 3.63) is 0 Å². The number of carbonyl (C=O) groups is 2. The van der Waals surface area contributed by atoms with Gasteiger partial charge in [-0.05, 0) is 39.5 Å². The first kappa shape index (κ1) is 15.0. The van der Waals surface area contributed by atoms with Crippen molar-refractivity contribution in [3.8, 4) is 0 Å². The first-order valence-electron chi connectivity index (χ1n) is 6.70. The Hall–Kier alpha value is -1.10. The quantitative estimate of drug-likeness (QED) is 0.750. The van der Waals surface area contributed by atoms with Crippen LogP contribution in [0.25, 0.3) is 0 Å². The van der Waals surface area contributed by atoms with Gasteiger partial charge in [0.2, 0.25) is 11.8 Å². The molecule has 0 aliphatic heterocycles. The molecule has 0 atom stereocenters. The Morgan fingerprint density at radius 2 is 1.83 bits per heavy atom. The zero-order valence-electron chi connectivity index (χ0n) is 11.6. The van der Waals surface area contributed by atoms with E-state index in [1.807, 2.05) is 20.9 Å². The summed E-state index contributed by atoms with van der Waals surface area (Å²) in [5, 5.41) is 3.27. The standard InChI is InChI=1S/C13H25N3O2/c1-9(2)16(3)12(17)8-15-11-6-4-10(5-7-11)13(14)18/h9-11,15H,4-8H2,1-3H3,(H2,14,18). The van der Waals surface area contributed by atoms with E-state index >= 15 is 0 Å². The number of primary amides is 1. The highest BCUT2D eigenvalue weighted by atomic mass is 16.2. The summed E-state index contributed by atoms with van der Waals surface area (Å²) in [5.74, 6) is -0.0526. The molecule has 1 fully saturated rings. The van der Waals surface area contributed by atoms with Crippen LogP contribution in [0, 0.1) is 5.92 Å². The Morgan fingerprint density at radius 3 is 2.28 bits per heavy atom. The molecule has 104 valence electrons. The molecule has 5 heteroatoms. The first-order valence-corrected chi connectivity index (χ1v) is 6.70. The van der Waals surface area contributed by atoms with Crippen molar-refractivity contribution >= 4 is 11.8 Å². The van der Waals surface area contributed by atoms with Gasteiger partial charge in [0.1, 0.15) is 0 Å². The van der Waals surface area contributed by atoms with Gasteiger partial charge in [-0.1, -0.05) is 0 Å². The number of nitrogens with one attached hydrogen (secondary N) is 1. The summed E-state index contributed by atoms with van der Waals surface area (Å²) >= 11 is 0. The summed E-state index contributed by atoms with van der Waals surface area (Å²) < 4.78 is 0. The van der Waals surface area contributed by atoms with Crippen LogP contribution in [0.15, 0.2) is 0 Å². The van der Waals surface area contributed by atoms with Gasteiger partial charge in [-0.25, -0.2) is 0 Å². The van der Waals surface area contributed by atoms with Crippen LogP contribution in [-0.2, 0) is 9.59 Å². The lowest BCUT2D eigenvalue weighted by atomic mass is 9.85. The molecule has 3 N–H and O–H groups in total. The highest BCUT2D eigenvalue weighted by molar-refractivity contribution is 5.78. The topological polar surface area (TPSA) is 75.4 Å². The third kappa shape index (κ3) is 4.29. The minimum Gasteiger partial charge on any atom is -0.369 e. The Morgan fingerprint density at radius 1 is 1.28 bits per heavy atom. The third-order valence-electron chi connectivity index (χ3n) is 3.84. The van der Waals surface area contributed by atoms with Crippen LogP contribution in [0.4, 0.5) is 0 Å². The molecule has 1 aliphatic carbocycles. The van der Waals surface area contributed by atoms with Crippen LogP contribution in [0.1, 0.15) is 39.5 Å². The maximum Gasteiger partial charge on any atom is 0.236 e. The van der Waals surface area contributed by atoms with Crippen LogP contribution in [0.3, 0.4) is 0 Å². The predicted octanol–water partition coefficient (Wildman–Crippen LogP) is 0.487. The lowest BCUT2D eigenvalue weighted by Crippen LogP contribution is -2.44. The second-order valence-electron chi connectivity index (χ2n) is 5.43. The molecule has 0 aromatic carbocycles. The fraction of sp³-hybridized carbons (Fsp3) is 0.846. The van der Waals surface area contributed by atoms with Gasteiger partial charge in [-0.15, -0.1) is 0 Å². The normalized spacial score (nSPS) is 24.0. The largest absolute Gasteiger partial charge is 0.369 e. The van der Waals surface area contributed by atoms with Gasteiger partial charge in [-0.2, -0.15) is 0 Å². The Balaban J connectivity index is 2.26. The van der Waals surface area contributed by atoms with Crippen molar-refractivity contribution in [3.63, 3.8) is 0 Å². The molecular weight excluding hydrogens is 230 g/mol. The van der Waals surface area contributed by atoms with E-state index in [0.29, 0.717) is 12.6 Å². The summed E-state index contributed by atoms with van der Waals surface area (Å²) in [6, 6.07) is 0.565. The summed E-state index contributed by atoms with van der Waals surface area (Å²) in [6.07, 6.45) is 3.51. The summed E-state index contributed by atoms with van der Waals surface area (Å²) in [5.41, 5.74) is 5.29. The molecular formula is C13H25N3O2. The molecule has 0 bridgehead atoms. The number of hydrogen-bond donors (Lipinski definition) is 2. The molecule has 2 amide bonds. The predicted molar refractivity (Wildman–Crippen MR) is 70.8 cm³/mol. The molecule has 1 saturated carbocycles. The number of hydrogen-bond acceptors (Lipinski definition) is 3. The van der Waals surface area contributed by atoms with E-state index in [0.717, 1.165) is 25.7 Å². The summed E-state index contributed by atoms with van der Waals surface area (Å²) in [7, 11) is 1.82. The minimum atomic E-state index is -0.191. The Kier molecular flexibility index (Phi) is 5.59. The van der Waals surface area contributed by atoms with Crippen molar-refractivity contribution in [2.45, 2.75) is 51.6 Å². The van der Waals surface area contributed by atoms with Crippen molar-refractivity contribution in [2.75, 3.05) is 13.6 Å². The molecule has 5 nitrogen and oxygen atoms in total. The first-order chi connectivity index (χ1) is 8.41. The van der Waals surface area contributed by atoms with E-state index in [1.54, 1.807) is 4.90 Å². The Bertz CT molecular complexity index is 297. The van der Waals surface area contributed by atoms with Crippen molar-refractivity contribution in [2.24, 2.45) is 11.7 Å². The van der Waals surface area contributed by atoms with E-state index in [-0.39, 0.29) is 23.8 Å². The SMILES string of the molecule is CC(C)N(C)C(=O)CNC1CCC(C(N)=O)CC1. The average molecular weight is 255 g/mol. The van der Waals surface area contributed by atoms with Crippen LogP contribution in [0.5, 0.6) is 0 Å². The maximum atomic E-state index is 11.8. The van der Waals surface area contributed by atoms with Gasteiger partial charge in [-0.3, -0.25) is 9.59 Å². The molecule has 0 saturated heterocycles. The monoisotopic (exact) mass is 255 g/mol. The zero-order chi connectivity index (χ0) is 13.7. The third-order valence-corrected chi connectivity index (χ3v) is 3.84. The fourth-order valence-electron chi connectivity index (χ4n) is 2.23. The second kappa shape index (κ2) is 6.73. The molecule has 0 radical (unpaired) electrons. The van der Waals surface area contributed by atoms with E-state index < -0.39 is 0 Å². The smallest absolute Gasteiger partial charge is 0.236 e. The zero-order valence-corrected chi connectivity index (χ0v) is 11.6. The van der Waals surface area contributed by atoms with Crippen LogP contribution >= 0.6 is 0 Å². The van der Waals surface area contributed by atoms with Gasteiger partial charge in [0.15, 0.2) is 0 Å². The van der Waals surface area contributed by atoms with Crippen LogP contribution in [0.2, 0.25) is 0 Å². The Labute approximate surface area is 109 Å². The van der Waals surface area contributed by atoms with Crippen LogP contribution < -0.4 is 11.1 Å². The molecule has 1 rings (SSSR count). The van der Waals surface area contributed by atoms with Gasteiger partial charge in [0.05, 0.1) is 6.54 Å². The van der Waals surface area contributed by atoms with Gasteiger partial charge in [0.25, 0.3) is 0 Å². The van der Waals surface area contributed by atoms with E-state index in [4.69, 9.17) is 5.73 Å². The molecule has 0 spiro atoms. The van der Waals surface area contributed by atoms with E-state index in [2.05, 4.69) is 5.32 Å². The minimum absolute atomic E-state index is 0.0251. The maximum absolute atomic E-state index is 11.8.